The van der Waals surface area contributed by atoms with E-state index in [1.165, 1.54) is 5.01 Å². The van der Waals surface area contributed by atoms with Gasteiger partial charge in [-0.25, -0.2) is 10.2 Å². The van der Waals surface area contributed by atoms with Crippen LogP contribution in [0.2, 0.25) is 0 Å². The minimum Gasteiger partial charge on any atom is -0.480 e. The second-order valence-corrected chi connectivity index (χ2v) is 16.9. The van der Waals surface area contributed by atoms with Gasteiger partial charge in [0.15, 0.2) is 5.54 Å². The number of aromatic nitrogens is 2. The predicted molar refractivity (Wildman–Crippen MR) is 211 cm³/mol. The second-order valence-electron chi connectivity index (χ2n) is 15.8. The summed E-state index contributed by atoms with van der Waals surface area (Å²) in [6.45, 7) is 13.4. The molecule has 0 spiro atoms. The Balaban J connectivity index is 1.49. The van der Waals surface area contributed by atoms with Crippen LogP contribution in [-0.4, -0.2) is 105 Å². The highest BCUT2D eigenvalue weighted by Crippen LogP contribution is 2.42. The van der Waals surface area contributed by atoms with Crippen LogP contribution < -0.4 is 10.7 Å². The Morgan fingerprint density at radius 2 is 2.00 bits per heavy atom. The maximum Gasteiger partial charge on any atom is 0.328 e. The number of ether oxygens (including phenoxy) is 2. The Morgan fingerprint density at radius 3 is 2.70 bits per heavy atom. The molecule has 6 rings (SSSR count). The highest BCUT2D eigenvalue weighted by atomic mass is 32.2. The van der Waals surface area contributed by atoms with Gasteiger partial charge in [0.05, 0.1) is 41.8 Å². The van der Waals surface area contributed by atoms with Crippen LogP contribution in [0.1, 0.15) is 89.8 Å². The smallest absolute Gasteiger partial charge is 0.328 e. The zero-order valence-corrected chi connectivity index (χ0v) is 33.6. The average molecular weight is 762 g/mol. The Bertz CT molecular complexity index is 1930. The number of aliphatic carboxylic acids is 1. The molecule has 0 saturated carbocycles. The van der Waals surface area contributed by atoms with E-state index in [0.717, 1.165) is 50.6 Å². The number of aryl methyl sites for hydroxylation is 1. The lowest BCUT2D eigenvalue weighted by Crippen LogP contribution is -2.68. The molecule has 1 saturated heterocycles. The molecule has 14 heteroatoms. The molecule has 3 aliphatic heterocycles. The second kappa shape index (κ2) is 16.0. The number of carbonyl (C=O) groups is 3. The van der Waals surface area contributed by atoms with Gasteiger partial charge in [0.1, 0.15) is 6.04 Å². The molecule has 4 atom stereocenters. The summed E-state index contributed by atoms with van der Waals surface area (Å²) in [6, 6.07) is 9.09. The van der Waals surface area contributed by atoms with Crippen molar-refractivity contribution in [2.75, 3.05) is 39.7 Å². The number of fused-ring (bicyclic) bond motifs is 5. The molecule has 1 aromatic carbocycles. The van der Waals surface area contributed by atoms with Crippen LogP contribution in [0.5, 0.6) is 0 Å². The number of aliphatic imine (C=N–C) groups is 1. The summed E-state index contributed by atoms with van der Waals surface area (Å²) < 4.78 is 14.5. The molecule has 3 aromatic rings. The average Bonchev–Trinajstić information content (AvgIpc) is 3.74. The van der Waals surface area contributed by atoms with E-state index in [1.807, 2.05) is 26.8 Å². The minimum atomic E-state index is -1.53. The Hall–Kier alpha value is -3.98. The number of urea groups is 1. The molecular formula is C40H55N7O6S. The number of amides is 3. The standard InChI is InChI=1S/C40H55N7O6S/c1-9-46-32-14-13-26-18-28(32)29(35(46)27-12-10-16-41-34(27)25(4)52-8)20-39(5,6)22-53-23-40(37(49)50)15-11-17-47(44-40)36(48)30(19-33-42-31(26)21-54-33)43-38(51)45(7)24(2)3/h10,12-14,16,18,24-25,30-31,44H,9,11,15,17,19-23H2,1-8H3,(H,43,51)(H,49,50)/t25-,30-,31?,40-/m0/s1. The largest absolute Gasteiger partial charge is 0.480 e. The van der Waals surface area contributed by atoms with Crippen LogP contribution in [0.15, 0.2) is 41.5 Å². The monoisotopic (exact) mass is 761 g/mol. The van der Waals surface area contributed by atoms with Crippen LogP contribution >= 0.6 is 11.8 Å². The van der Waals surface area contributed by atoms with Crippen molar-refractivity contribution in [2.45, 2.75) is 104 Å². The van der Waals surface area contributed by atoms with Gasteiger partial charge >= 0.3 is 12.0 Å². The van der Waals surface area contributed by atoms with Gasteiger partial charge in [-0.15, -0.1) is 11.8 Å². The van der Waals surface area contributed by atoms with Crippen molar-refractivity contribution in [1.29, 1.82) is 0 Å². The highest BCUT2D eigenvalue weighted by Gasteiger charge is 2.46. The predicted octanol–water partition coefficient (Wildman–Crippen LogP) is 5.97. The highest BCUT2D eigenvalue weighted by molar-refractivity contribution is 8.14. The molecule has 0 radical (unpaired) electrons. The van der Waals surface area contributed by atoms with E-state index >= 15 is 0 Å². The number of hydrazine groups is 1. The Morgan fingerprint density at radius 1 is 1.22 bits per heavy atom. The summed E-state index contributed by atoms with van der Waals surface area (Å²) in [6.07, 6.45) is 3.13. The molecule has 1 unspecified atom stereocenters. The first-order chi connectivity index (χ1) is 25.7. The summed E-state index contributed by atoms with van der Waals surface area (Å²) in [7, 11) is 3.38. The van der Waals surface area contributed by atoms with Crippen molar-refractivity contribution < 1.29 is 29.0 Å². The third-order valence-electron chi connectivity index (χ3n) is 11.0. The summed E-state index contributed by atoms with van der Waals surface area (Å²) >= 11 is 1.59. The number of thioether (sulfide) groups is 1. The fourth-order valence-corrected chi connectivity index (χ4v) is 8.80. The van der Waals surface area contributed by atoms with E-state index in [-0.39, 0.29) is 50.3 Å². The lowest BCUT2D eigenvalue weighted by molar-refractivity contribution is -0.160. The minimum absolute atomic E-state index is 0.0907. The number of rotatable bonds is 7. The first-order valence-corrected chi connectivity index (χ1v) is 19.9. The number of benzene rings is 1. The topological polar surface area (TPSA) is 151 Å². The number of carbonyl (C=O) groups excluding carboxylic acids is 2. The lowest BCUT2D eigenvalue weighted by Gasteiger charge is -2.42. The van der Waals surface area contributed by atoms with Crippen molar-refractivity contribution in [1.82, 2.24) is 30.2 Å². The normalized spacial score (nSPS) is 23.9. The van der Waals surface area contributed by atoms with E-state index in [9.17, 15) is 19.5 Å². The maximum atomic E-state index is 14.2. The van der Waals surface area contributed by atoms with Crippen LogP contribution in [0.25, 0.3) is 22.2 Å². The summed E-state index contributed by atoms with van der Waals surface area (Å²) in [4.78, 5) is 52.0. The molecule has 54 heavy (non-hydrogen) atoms. The SMILES string of the molecule is CCn1c(-c2cccnc2[C@H](C)OC)c2c3cc(ccc31)C1CSC(=N1)C[C@H](NC(=O)N(C)C(C)C)C(=O)N1CCC[C@@](C(=O)O)(COCC(C)(C)C2)N1. The molecule has 3 N–H and O–H groups in total. The van der Waals surface area contributed by atoms with E-state index in [4.69, 9.17) is 19.5 Å². The van der Waals surface area contributed by atoms with E-state index in [1.54, 1.807) is 37.0 Å². The van der Waals surface area contributed by atoms with E-state index in [0.29, 0.717) is 25.1 Å². The van der Waals surface area contributed by atoms with E-state index < -0.39 is 28.9 Å². The zero-order valence-electron chi connectivity index (χ0n) is 32.8. The Kier molecular flexibility index (Phi) is 11.8. The first kappa shape index (κ1) is 39.7. The number of nitrogens with zero attached hydrogens (tertiary/aromatic N) is 5. The van der Waals surface area contributed by atoms with Crippen molar-refractivity contribution >= 4 is 45.6 Å². The van der Waals surface area contributed by atoms with Gasteiger partial charge in [0.25, 0.3) is 5.91 Å². The van der Waals surface area contributed by atoms with Crippen LogP contribution in [-0.2, 0) is 32.0 Å². The number of carboxylic acids is 1. The van der Waals surface area contributed by atoms with Gasteiger partial charge in [0.2, 0.25) is 0 Å². The fourth-order valence-electron chi connectivity index (χ4n) is 7.70. The lowest BCUT2D eigenvalue weighted by atomic mass is 9.84. The number of pyridine rings is 1. The van der Waals surface area contributed by atoms with Crippen molar-refractivity contribution in [3.8, 4) is 11.3 Å². The number of nitrogens with one attached hydrogen (secondary N) is 2. The van der Waals surface area contributed by atoms with Crippen LogP contribution in [0.4, 0.5) is 4.79 Å². The van der Waals surface area contributed by atoms with Gasteiger partial charge in [0, 0.05) is 68.1 Å². The third-order valence-corrected chi connectivity index (χ3v) is 12.1. The summed E-state index contributed by atoms with van der Waals surface area (Å²) in [5, 5.41) is 16.8. The molecule has 13 nitrogen and oxygen atoms in total. The number of hydrogen-bond donors (Lipinski definition) is 3. The zero-order chi connectivity index (χ0) is 38.9. The van der Waals surface area contributed by atoms with Crippen molar-refractivity contribution in [2.24, 2.45) is 10.4 Å². The fraction of sp³-hybridized carbons (Fsp3) is 0.575. The number of methoxy groups -OCH3 is 1. The molecule has 3 amide bonds. The summed E-state index contributed by atoms with van der Waals surface area (Å²) in [5.41, 5.74) is 7.40. The van der Waals surface area contributed by atoms with Crippen LogP contribution in [0.3, 0.4) is 0 Å². The third kappa shape index (κ3) is 7.89. The maximum absolute atomic E-state index is 14.2. The molecule has 6 bridgehead atoms. The van der Waals surface area contributed by atoms with Crippen molar-refractivity contribution in [3.05, 3.63) is 53.3 Å². The van der Waals surface area contributed by atoms with Crippen molar-refractivity contribution in [3.63, 3.8) is 0 Å². The van der Waals surface area contributed by atoms with Gasteiger partial charge in [-0.05, 0) is 87.8 Å². The van der Waals surface area contributed by atoms with Gasteiger partial charge in [-0.1, -0.05) is 19.9 Å². The number of hydrogen-bond acceptors (Lipinski definition) is 9. The van der Waals surface area contributed by atoms with Gasteiger partial charge < -0.3 is 29.4 Å². The molecule has 2 aromatic heterocycles. The molecule has 5 heterocycles. The van der Waals surface area contributed by atoms with Gasteiger partial charge in [-0.3, -0.25) is 24.6 Å². The Labute approximate surface area is 322 Å². The van der Waals surface area contributed by atoms with Gasteiger partial charge in [-0.2, -0.15) is 0 Å². The molecular weight excluding hydrogens is 707 g/mol. The molecule has 1 fully saturated rings. The number of carboxylic acid groups (broad SMARTS) is 1. The van der Waals surface area contributed by atoms with E-state index in [2.05, 4.69) is 60.3 Å². The first-order valence-electron chi connectivity index (χ1n) is 18.9. The quantitative estimate of drug-likeness (QED) is 0.265. The molecule has 292 valence electrons. The summed E-state index contributed by atoms with van der Waals surface area (Å²) in [5.74, 6) is -0.807. The molecule has 0 aliphatic carbocycles. The van der Waals surface area contributed by atoms with Crippen LogP contribution in [0, 0.1) is 5.41 Å². The molecule has 3 aliphatic rings.